The predicted octanol–water partition coefficient (Wildman–Crippen LogP) is 0.591. The minimum Gasteiger partial charge on any atom is -0.663 e. The minimum atomic E-state index is 0. The Balaban J connectivity index is 0.000000443. The van der Waals surface area contributed by atoms with Gasteiger partial charge in [0.2, 0.25) is 0 Å². The molecule has 0 amide bonds. The number of nitrogens with zero attached hydrogens (tertiary/aromatic N) is 4. The summed E-state index contributed by atoms with van der Waals surface area (Å²) in [6, 6.07) is 7.48. The summed E-state index contributed by atoms with van der Waals surface area (Å²) in [7, 11) is 0. The van der Waals surface area contributed by atoms with Gasteiger partial charge in [-0.1, -0.05) is 24.3 Å². The van der Waals surface area contributed by atoms with Gasteiger partial charge in [-0.15, -0.1) is 11.4 Å². The van der Waals surface area contributed by atoms with Crippen molar-refractivity contribution in [1.29, 1.82) is 0 Å². The van der Waals surface area contributed by atoms with Gasteiger partial charge in [-0.2, -0.15) is 22.6 Å². The molecule has 6 nitrogen and oxygen atoms in total. The van der Waals surface area contributed by atoms with Crippen LogP contribution in [-0.2, 0) is 44.9 Å². The zero-order chi connectivity index (χ0) is 17.6. The Kier molecular flexibility index (Phi) is 14.7. The zero-order valence-electron chi connectivity index (χ0n) is 13.4. The molecule has 0 aliphatic rings. The van der Waals surface area contributed by atoms with Crippen LogP contribution in [0.1, 0.15) is 11.4 Å². The first kappa shape index (κ1) is 24.0. The van der Waals surface area contributed by atoms with Gasteiger partial charge >= 0.3 is 8.64 Å². The molecule has 0 aliphatic heterocycles. The van der Waals surface area contributed by atoms with Crippen molar-refractivity contribution in [3.8, 4) is 0 Å². The summed E-state index contributed by atoms with van der Waals surface area (Å²) in [5.41, 5.74) is 7.16. The smallest absolute Gasteiger partial charge is 0.343 e. The average molecular weight is 505 g/mol. The third-order valence-electron chi connectivity index (χ3n) is 2.25. The Morgan fingerprint density at radius 1 is 0.920 bits per heavy atom. The van der Waals surface area contributed by atoms with Crippen LogP contribution in [-0.4, -0.2) is 33.6 Å². The first-order chi connectivity index (χ1) is 11.7. The molecule has 0 aliphatic carbocycles. The number of hydrazone groups is 2. The molecule has 0 atom stereocenters. The van der Waals surface area contributed by atoms with Gasteiger partial charge in [-0.05, 0) is 36.0 Å². The van der Waals surface area contributed by atoms with Crippen molar-refractivity contribution in [2.24, 2.45) is 10.2 Å². The second-order valence-corrected chi connectivity index (χ2v) is 7.02. The third-order valence-corrected chi connectivity index (χ3v) is 4.51. The fourth-order valence-electron chi connectivity index (χ4n) is 1.18. The average Bonchev–Trinajstić information content (AvgIpc) is 3.29. The molecule has 0 spiro atoms. The van der Waals surface area contributed by atoms with Gasteiger partial charge < -0.3 is 9.97 Å². The largest absolute Gasteiger partial charge is 0.663 e. The maximum Gasteiger partial charge on any atom is 0.343 e. The van der Waals surface area contributed by atoms with E-state index >= 15 is 0 Å². The van der Waals surface area contributed by atoms with Crippen LogP contribution in [0.15, 0.2) is 46.9 Å². The van der Waals surface area contributed by atoms with Crippen LogP contribution < -0.4 is 20.8 Å². The van der Waals surface area contributed by atoms with Crippen LogP contribution in [0.25, 0.3) is 0 Å². The number of thioether (sulfide) groups is 2. The molecule has 25 heavy (non-hydrogen) atoms. The van der Waals surface area contributed by atoms with E-state index in [2.05, 4.69) is 55.5 Å². The summed E-state index contributed by atoms with van der Waals surface area (Å²) in [5.74, 6) is 0. The number of thiol groups is 2. The van der Waals surface area contributed by atoms with E-state index in [9.17, 15) is 0 Å². The van der Waals surface area contributed by atoms with Crippen molar-refractivity contribution in [3.63, 3.8) is 0 Å². The molecule has 0 fully saturated rings. The number of rotatable bonds is 4. The van der Waals surface area contributed by atoms with Crippen LogP contribution in [0.4, 0.5) is 0 Å². The van der Waals surface area contributed by atoms with Gasteiger partial charge in [0.25, 0.3) is 0 Å². The van der Waals surface area contributed by atoms with Crippen LogP contribution in [0.2, 0.25) is 0 Å². The van der Waals surface area contributed by atoms with E-state index in [1.807, 2.05) is 36.8 Å². The van der Waals surface area contributed by atoms with Crippen molar-refractivity contribution in [2.45, 2.75) is 0 Å². The fourth-order valence-corrected chi connectivity index (χ4v) is 1.58. The minimum absolute atomic E-state index is 0. The first-order valence-corrected chi connectivity index (χ1v) is 9.93. The second kappa shape index (κ2) is 15.3. The molecule has 2 rings (SSSR count). The van der Waals surface area contributed by atoms with Crippen molar-refractivity contribution >= 4 is 69.0 Å². The Morgan fingerprint density at radius 2 is 1.32 bits per heavy atom. The number of hydrogen-bond donors (Lipinski definition) is 2. The quantitative estimate of drug-likeness (QED) is 0.158. The molecule has 0 saturated heterocycles. The molecule has 2 N–H and O–H groups in total. The van der Waals surface area contributed by atoms with Gasteiger partial charge in [0.05, 0.1) is 0 Å². The van der Waals surface area contributed by atoms with E-state index in [0.29, 0.717) is 0 Å². The van der Waals surface area contributed by atoms with Crippen molar-refractivity contribution in [1.82, 2.24) is 20.8 Å². The van der Waals surface area contributed by atoms with E-state index < -0.39 is 0 Å². The molecular formula is C14H18N6PdS4. The van der Waals surface area contributed by atoms with Crippen molar-refractivity contribution in [2.75, 3.05) is 12.5 Å². The molecule has 0 aromatic carbocycles. The Hall–Kier alpha value is -0.958. The molecule has 0 radical (unpaired) electrons. The van der Waals surface area contributed by atoms with Gasteiger partial charge in [0.15, 0.2) is 24.4 Å². The zero-order valence-corrected chi connectivity index (χ0v) is 18.4. The molecule has 2 aromatic rings. The Labute approximate surface area is 180 Å². The molecule has 2 heterocycles. The van der Waals surface area contributed by atoms with E-state index in [1.165, 1.54) is 23.5 Å². The van der Waals surface area contributed by atoms with Gasteiger partial charge in [-0.3, -0.25) is 0 Å². The maximum atomic E-state index is 4.10. The molecule has 0 unspecified atom stereocenters. The standard InChI is InChI=1S/2C7H9N3S2.Pd/c2*1-12-7(11)10-9-5-6-3-2-4-8-6;/h2*2-5H,1H3,(H2,8,9,10,11);. The van der Waals surface area contributed by atoms with Gasteiger partial charge in [-0.25, -0.2) is 10.9 Å². The second-order valence-electron chi connectivity index (χ2n) is 3.88. The molecule has 2 aromatic heterocycles. The monoisotopic (exact) mass is 504 g/mol. The fraction of sp³-hybridized carbons (Fsp3) is 0.143. The number of nitrogens with one attached hydrogen (secondary N) is 2. The third kappa shape index (κ3) is 12.1. The van der Waals surface area contributed by atoms with E-state index in [4.69, 9.17) is 0 Å². The van der Waals surface area contributed by atoms with E-state index in [1.54, 1.807) is 24.8 Å². The van der Waals surface area contributed by atoms with Crippen LogP contribution in [0.3, 0.4) is 0 Å². The first-order valence-electron chi connectivity index (χ1n) is 6.59. The summed E-state index contributed by atoms with van der Waals surface area (Å²) in [6.45, 7) is 0. The van der Waals surface area contributed by atoms with E-state index in [0.717, 1.165) is 20.0 Å². The number of hydrogen-bond acceptors (Lipinski definition) is 4. The molecule has 138 valence electrons. The van der Waals surface area contributed by atoms with Gasteiger partial charge in [0.1, 0.15) is 0 Å². The summed E-state index contributed by atoms with van der Waals surface area (Å²) < 4.78 is 1.52. The molecule has 0 bridgehead atoms. The van der Waals surface area contributed by atoms with Crippen molar-refractivity contribution in [3.05, 3.63) is 48.0 Å². The summed E-state index contributed by atoms with van der Waals surface area (Å²) in [6.07, 6.45) is 10.6. The number of aromatic nitrogens is 2. The Bertz CT molecular complexity index is 597. The predicted molar refractivity (Wildman–Crippen MR) is 116 cm³/mol. The molecule has 11 heteroatoms. The van der Waals surface area contributed by atoms with E-state index in [-0.39, 0.29) is 20.4 Å². The molecular weight excluding hydrogens is 487 g/mol. The van der Waals surface area contributed by atoms with Crippen molar-refractivity contribution < 1.29 is 20.4 Å². The summed E-state index contributed by atoms with van der Waals surface area (Å²) >= 11 is 11.2. The van der Waals surface area contributed by atoms with Gasteiger partial charge in [0, 0.05) is 32.9 Å². The summed E-state index contributed by atoms with van der Waals surface area (Å²) in [5, 5.41) is 7.83. The van der Waals surface area contributed by atoms with Crippen LogP contribution in [0, 0.1) is 0 Å². The Morgan fingerprint density at radius 3 is 1.60 bits per heavy atom. The molecule has 0 saturated carbocycles. The topological polar surface area (TPSA) is 77.0 Å². The van der Waals surface area contributed by atoms with Crippen LogP contribution >= 0.6 is 23.5 Å². The SMILES string of the molecule is CSC(=[SH+])NN=Cc1ccc[n-]1.CSC(=[SH+])NN=Cc1ccc[n-]1.[Pd]. The van der Waals surface area contributed by atoms with Crippen LogP contribution in [0.5, 0.6) is 0 Å². The normalized spacial score (nSPS) is 10.0. The summed E-state index contributed by atoms with van der Waals surface area (Å²) in [4.78, 5) is 8.02. The maximum absolute atomic E-state index is 4.10.